The van der Waals surface area contributed by atoms with Gasteiger partial charge in [0, 0.05) is 38.7 Å². The van der Waals surface area contributed by atoms with Gasteiger partial charge in [0.1, 0.15) is 0 Å². The second kappa shape index (κ2) is 5.98. The average molecular weight is 333 g/mol. The summed E-state index contributed by atoms with van der Waals surface area (Å²) in [5, 5.41) is 7.76. The quantitative estimate of drug-likeness (QED) is 0.625. The molecular weight excluding hydrogens is 314 g/mol. The molecule has 4 aromatic rings. The highest BCUT2D eigenvalue weighted by Crippen LogP contribution is 2.20. The van der Waals surface area contributed by atoms with E-state index < -0.39 is 0 Å². The Morgan fingerprint density at radius 2 is 1.80 bits per heavy atom. The van der Waals surface area contributed by atoms with E-state index in [0.29, 0.717) is 6.54 Å². The Hall–Kier alpha value is -3.28. The normalized spacial score (nSPS) is 11.1. The molecule has 0 aliphatic heterocycles. The second-order valence-electron chi connectivity index (χ2n) is 6.04. The van der Waals surface area contributed by atoms with E-state index in [2.05, 4.69) is 16.5 Å². The Kier molecular flexibility index (Phi) is 3.65. The maximum absolute atomic E-state index is 12.1. The Morgan fingerprint density at radius 1 is 1.00 bits per heavy atom. The summed E-state index contributed by atoms with van der Waals surface area (Å²) in [6.07, 6.45) is 3.71. The zero-order valence-corrected chi connectivity index (χ0v) is 14.2. The number of hydrogen-bond acceptors (Lipinski definition) is 3. The van der Waals surface area contributed by atoms with Gasteiger partial charge in [0.15, 0.2) is 0 Å². The van der Waals surface area contributed by atoms with Gasteiger partial charge in [0.05, 0.1) is 16.7 Å². The maximum Gasteiger partial charge on any atom is 0.328 e. The van der Waals surface area contributed by atoms with Crippen LogP contribution in [0.2, 0.25) is 0 Å². The number of benzene rings is 2. The van der Waals surface area contributed by atoms with E-state index in [9.17, 15) is 4.79 Å². The zero-order valence-electron chi connectivity index (χ0n) is 14.2. The number of nitrogens with zero attached hydrogens (tertiary/aromatic N) is 4. The molecule has 2 heterocycles. The van der Waals surface area contributed by atoms with E-state index in [1.807, 2.05) is 53.3 Å². The van der Waals surface area contributed by atoms with Crippen molar-refractivity contribution in [2.75, 3.05) is 5.32 Å². The summed E-state index contributed by atoms with van der Waals surface area (Å²) in [7, 11) is 3.58. The van der Waals surface area contributed by atoms with Gasteiger partial charge in [-0.15, -0.1) is 0 Å². The van der Waals surface area contributed by atoms with Crippen LogP contribution in [0, 0.1) is 0 Å². The Labute approximate surface area is 144 Å². The Morgan fingerprint density at radius 3 is 2.60 bits per heavy atom. The van der Waals surface area contributed by atoms with Crippen molar-refractivity contribution in [2.24, 2.45) is 14.1 Å². The highest BCUT2D eigenvalue weighted by Gasteiger charge is 2.09. The lowest BCUT2D eigenvalue weighted by Gasteiger charge is -2.12. The lowest BCUT2D eigenvalue weighted by Crippen LogP contribution is -2.19. The van der Waals surface area contributed by atoms with Gasteiger partial charge in [-0.25, -0.2) is 9.48 Å². The number of anilines is 1. The van der Waals surface area contributed by atoms with Crippen LogP contribution in [0.15, 0.2) is 65.7 Å². The number of nitrogens with one attached hydrogen (secondary N) is 1. The first-order chi connectivity index (χ1) is 12.1. The van der Waals surface area contributed by atoms with Crippen LogP contribution < -0.4 is 11.0 Å². The molecule has 0 fully saturated rings. The molecule has 2 aromatic heterocycles. The number of rotatable bonds is 4. The fourth-order valence-corrected chi connectivity index (χ4v) is 3.11. The van der Waals surface area contributed by atoms with Crippen molar-refractivity contribution in [3.8, 4) is 5.69 Å². The topological polar surface area (TPSA) is 56.8 Å². The number of aryl methyl sites for hydroxylation is 2. The molecule has 126 valence electrons. The van der Waals surface area contributed by atoms with Crippen molar-refractivity contribution < 1.29 is 0 Å². The SMILES string of the molecule is Cn1c(=O)n(C)c2cc(NCc3ccccc3-n3cccn3)ccc21. The van der Waals surface area contributed by atoms with Crippen LogP contribution in [0.1, 0.15) is 5.56 Å². The van der Waals surface area contributed by atoms with E-state index in [-0.39, 0.29) is 5.69 Å². The lowest BCUT2D eigenvalue weighted by atomic mass is 10.1. The van der Waals surface area contributed by atoms with Crippen LogP contribution in [0.5, 0.6) is 0 Å². The minimum absolute atomic E-state index is 0.0174. The molecule has 2 aromatic carbocycles. The first-order valence-corrected chi connectivity index (χ1v) is 8.12. The average Bonchev–Trinajstić information content (AvgIpc) is 3.25. The molecule has 0 saturated heterocycles. The molecule has 6 heteroatoms. The fraction of sp³-hybridized carbons (Fsp3) is 0.158. The van der Waals surface area contributed by atoms with E-state index in [1.165, 1.54) is 0 Å². The summed E-state index contributed by atoms with van der Waals surface area (Å²) in [4.78, 5) is 12.1. The number of fused-ring (bicyclic) bond motifs is 1. The van der Waals surface area contributed by atoms with Gasteiger partial charge in [-0.2, -0.15) is 5.10 Å². The summed E-state index contributed by atoms with van der Waals surface area (Å²) < 4.78 is 5.19. The number of imidazole rings is 1. The van der Waals surface area contributed by atoms with Gasteiger partial charge >= 0.3 is 5.69 Å². The van der Waals surface area contributed by atoms with Crippen molar-refractivity contribution in [1.82, 2.24) is 18.9 Å². The van der Waals surface area contributed by atoms with Crippen molar-refractivity contribution in [2.45, 2.75) is 6.54 Å². The summed E-state index contributed by atoms with van der Waals surface area (Å²) in [6, 6.07) is 16.0. The summed E-state index contributed by atoms with van der Waals surface area (Å²) in [5.74, 6) is 0. The van der Waals surface area contributed by atoms with Crippen LogP contribution in [-0.2, 0) is 20.6 Å². The van der Waals surface area contributed by atoms with E-state index in [4.69, 9.17) is 0 Å². The molecule has 0 aliphatic rings. The molecule has 0 spiro atoms. The predicted octanol–water partition coefficient (Wildman–Crippen LogP) is 2.67. The minimum atomic E-state index is -0.0174. The van der Waals surface area contributed by atoms with Gasteiger partial charge in [-0.3, -0.25) is 9.13 Å². The van der Waals surface area contributed by atoms with Gasteiger partial charge in [0.2, 0.25) is 0 Å². The molecule has 0 saturated carbocycles. The van der Waals surface area contributed by atoms with Gasteiger partial charge in [0.25, 0.3) is 0 Å². The molecule has 1 N–H and O–H groups in total. The van der Waals surface area contributed by atoms with Gasteiger partial charge in [-0.1, -0.05) is 18.2 Å². The standard InChI is InChI=1S/C19H19N5O/c1-22-17-9-8-15(12-18(17)23(2)19(22)25)20-13-14-6-3-4-7-16(14)24-11-5-10-21-24/h3-12,20H,13H2,1-2H3. The third-order valence-corrected chi connectivity index (χ3v) is 4.50. The van der Waals surface area contributed by atoms with E-state index in [1.54, 1.807) is 29.4 Å². The monoisotopic (exact) mass is 333 g/mol. The van der Waals surface area contributed by atoms with Gasteiger partial charge in [-0.05, 0) is 35.9 Å². The van der Waals surface area contributed by atoms with Crippen molar-refractivity contribution in [1.29, 1.82) is 0 Å². The van der Waals surface area contributed by atoms with Gasteiger partial charge < -0.3 is 5.32 Å². The largest absolute Gasteiger partial charge is 0.381 e. The van der Waals surface area contributed by atoms with Crippen LogP contribution in [0.4, 0.5) is 5.69 Å². The van der Waals surface area contributed by atoms with Crippen molar-refractivity contribution in [3.05, 3.63) is 77.0 Å². The first-order valence-electron chi connectivity index (χ1n) is 8.12. The van der Waals surface area contributed by atoms with Crippen molar-refractivity contribution in [3.63, 3.8) is 0 Å². The van der Waals surface area contributed by atoms with Crippen LogP contribution in [-0.4, -0.2) is 18.9 Å². The molecule has 0 bridgehead atoms. The minimum Gasteiger partial charge on any atom is -0.381 e. The third-order valence-electron chi connectivity index (χ3n) is 4.50. The predicted molar refractivity (Wildman–Crippen MR) is 99.1 cm³/mol. The van der Waals surface area contributed by atoms with E-state index >= 15 is 0 Å². The Balaban J connectivity index is 1.63. The molecule has 4 rings (SSSR count). The first kappa shape index (κ1) is 15.3. The molecule has 0 aliphatic carbocycles. The Bertz CT molecular complexity index is 1090. The smallest absolute Gasteiger partial charge is 0.328 e. The number of para-hydroxylation sites is 1. The molecular formula is C19H19N5O. The molecule has 0 unspecified atom stereocenters. The van der Waals surface area contributed by atoms with Crippen LogP contribution in [0.3, 0.4) is 0 Å². The second-order valence-corrected chi connectivity index (χ2v) is 6.04. The molecule has 0 radical (unpaired) electrons. The summed E-state index contributed by atoms with van der Waals surface area (Å²) in [5.41, 5.74) is 4.99. The van der Waals surface area contributed by atoms with Crippen molar-refractivity contribution >= 4 is 16.7 Å². The molecule has 0 atom stereocenters. The highest BCUT2D eigenvalue weighted by molar-refractivity contribution is 5.80. The molecule has 25 heavy (non-hydrogen) atoms. The highest BCUT2D eigenvalue weighted by atomic mass is 16.1. The van der Waals surface area contributed by atoms with Crippen LogP contribution >= 0.6 is 0 Å². The summed E-state index contributed by atoms with van der Waals surface area (Å²) >= 11 is 0. The number of aromatic nitrogens is 4. The van der Waals surface area contributed by atoms with E-state index in [0.717, 1.165) is 28.0 Å². The molecule has 6 nitrogen and oxygen atoms in total. The number of hydrogen-bond donors (Lipinski definition) is 1. The fourth-order valence-electron chi connectivity index (χ4n) is 3.11. The van der Waals surface area contributed by atoms with Crippen LogP contribution in [0.25, 0.3) is 16.7 Å². The lowest BCUT2D eigenvalue weighted by molar-refractivity contribution is 0.795. The molecule has 0 amide bonds. The zero-order chi connectivity index (χ0) is 17.4. The summed E-state index contributed by atoms with van der Waals surface area (Å²) in [6.45, 7) is 0.669. The third kappa shape index (κ3) is 2.61. The maximum atomic E-state index is 12.1.